The quantitative estimate of drug-likeness (QED) is 0.589. The second kappa shape index (κ2) is 27.2. The Labute approximate surface area is 56.7 Å². The summed E-state index contributed by atoms with van der Waals surface area (Å²) in [7, 11) is 2.95. The van der Waals surface area contributed by atoms with Gasteiger partial charge < -0.3 is 0 Å². The third kappa shape index (κ3) is 35.0. The maximum atomic E-state index is 4.22. The van der Waals surface area contributed by atoms with Crippen molar-refractivity contribution in [1.82, 2.24) is 5.64 Å². The molecule has 0 aromatic carbocycles. The van der Waals surface area contributed by atoms with E-state index in [9.17, 15) is 0 Å². The van der Waals surface area contributed by atoms with E-state index in [1.807, 2.05) is 13.8 Å². The van der Waals surface area contributed by atoms with Crippen LogP contribution in [0.25, 0.3) is 0 Å². The van der Waals surface area contributed by atoms with E-state index in [2.05, 4.69) is 15.3 Å². The van der Waals surface area contributed by atoms with Crippen LogP contribution in [0.15, 0.2) is 0 Å². The van der Waals surface area contributed by atoms with Gasteiger partial charge >= 0.3 is 0 Å². The van der Waals surface area contributed by atoms with Crippen LogP contribution >= 0.6 is 12.4 Å². The van der Waals surface area contributed by atoms with E-state index in [-0.39, 0.29) is 12.4 Å². The summed E-state index contributed by atoms with van der Waals surface area (Å²) >= 11 is 0. The highest BCUT2D eigenvalue weighted by Crippen LogP contribution is 1.46. The van der Waals surface area contributed by atoms with Crippen molar-refractivity contribution in [2.24, 2.45) is 0 Å². The van der Waals surface area contributed by atoms with Crippen LogP contribution in [0.3, 0.4) is 0 Å². The summed E-state index contributed by atoms with van der Waals surface area (Å²) in [5, 5.41) is 0. The fraction of sp³-hybridized carbons (Fsp3) is 1.00. The van der Waals surface area contributed by atoms with Gasteiger partial charge in [0, 0.05) is 0 Å². The van der Waals surface area contributed by atoms with Crippen LogP contribution in [0.1, 0.15) is 13.8 Å². The maximum absolute atomic E-state index is 4.22. The summed E-state index contributed by atoms with van der Waals surface area (Å²) in [5.41, 5.74) is 2.11. The molecule has 4 heteroatoms. The highest BCUT2D eigenvalue weighted by molar-refractivity contribution is 5.85. The lowest BCUT2D eigenvalue weighted by Crippen LogP contribution is -2.07. The van der Waals surface area contributed by atoms with Gasteiger partial charge in [-0.05, 0) is 0 Å². The Morgan fingerprint density at radius 1 is 1.00 bits per heavy atom. The van der Waals surface area contributed by atoms with Crippen LogP contribution in [0.4, 0.5) is 0 Å². The molecule has 1 N–H and O–H groups in total. The zero-order valence-electron chi connectivity index (χ0n) is 5.72. The first-order valence-electron chi connectivity index (χ1n) is 2.22. The molecule has 0 bridgehead atoms. The molecule has 54 valence electrons. The fourth-order valence-corrected chi connectivity index (χ4v) is 0.0833. The van der Waals surface area contributed by atoms with Crippen molar-refractivity contribution in [2.75, 3.05) is 14.2 Å². The third-order valence-corrected chi connectivity index (χ3v) is 0.167. The van der Waals surface area contributed by atoms with E-state index < -0.39 is 0 Å². The molecule has 0 radical (unpaired) electrons. The molecular weight excluding hydrogens is 130 g/mol. The van der Waals surface area contributed by atoms with Gasteiger partial charge in [-0.25, -0.2) is 0 Å². The first-order valence-corrected chi connectivity index (χ1v) is 2.22. The van der Waals surface area contributed by atoms with Crippen LogP contribution in [-0.2, 0) is 9.68 Å². The first-order chi connectivity index (χ1) is 3.41. The second-order valence-electron chi connectivity index (χ2n) is 0.492. The summed E-state index contributed by atoms with van der Waals surface area (Å²) in [6, 6.07) is 0. The molecular formula is C4H14ClNO2. The summed E-state index contributed by atoms with van der Waals surface area (Å²) in [5.74, 6) is 0. The van der Waals surface area contributed by atoms with Gasteiger partial charge in [0.15, 0.2) is 0 Å². The largest absolute Gasteiger partial charge is 0.280 e. The van der Waals surface area contributed by atoms with E-state index in [1.165, 1.54) is 14.2 Å². The molecule has 0 atom stereocenters. The Hall–Kier alpha value is 0.170. The van der Waals surface area contributed by atoms with Crippen LogP contribution < -0.4 is 5.64 Å². The first kappa shape index (κ1) is 15.7. The zero-order chi connectivity index (χ0) is 6.12. The van der Waals surface area contributed by atoms with Crippen molar-refractivity contribution >= 4 is 12.4 Å². The number of nitrogens with one attached hydrogen (secondary N) is 1. The molecule has 8 heavy (non-hydrogen) atoms. The van der Waals surface area contributed by atoms with Crippen LogP contribution in [-0.4, -0.2) is 14.2 Å². The predicted molar refractivity (Wildman–Crippen MR) is 35.7 cm³/mol. The monoisotopic (exact) mass is 143 g/mol. The number of hydrogen-bond donors (Lipinski definition) is 1. The van der Waals surface area contributed by atoms with Gasteiger partial charge in [0.25, 0.3) is 0 Å². The van der Waals surface area contributed by atoms with E-state index in [1.54, 1.807) is 0 Å². The second-order valence-corrected chi connectivity index (χ2v) is 0.492. The van der Waals surface area contributed by atoms with Gasteiger partial charge in [0.1, 0.15) is 0 Å². The molecule has 0 aromatic heterocycles. The van der Waals surface area contributed by atoms with Crippen molar-refractivity contribution in [3.05, 3.63) is 0 Å². The molecule has 0 saturated heterocycles. The van der Waals surface area contributed by atoms with Crippen LogP contribution in [0.2, 0.25) is 0 Å². The van der Waals surface area contributed by atoms with E-state index in [0.717, 1.165) is 0 Å². The zero-order valence-corrected chi connectivity index (χ0v) is 6.54. The lowest BCUT2D eigenvalue weighted by Gasteiger charge is -1.89. The van der Waals surface area contributed by atoms with Gasteiger partial charge in [-0.15, -0.1) is 12.4 Å². The summed E-state index contributed by atoms with van der Waals surface area (Å²) in [6.07, 6.45) is 0. The van der Waals surface area contributed by atoms with Crippen molar-refractivity contribution in [3.8, 4) is 0 Å². The van der Waals surface area contributed by atoms with Crippen molar-refractivity contribution in [2.45, 2.75) is 13.8 Å². The van der Waals surface area contributed by atoms with Gasteiger partial charge in [-0.2, -0.15) is 0 Å². The van der Waals surface area contributed by atoms with E-state index in [4.69, 9.17) is 0 Å². The van der Waals surface area contributed by atoms with Crippen LogP contribution in [0.5, 0.6) is 0 Å². The van der Waals surface area contributed by atoms with Gasteiger partial charge in [-0.1, -0.05) is 19.5 Å². The van der Waals surface area contributed by atoms with Crippen LogP contribution in [0, 0.1) is 0 Å². The minimum Gasteiger partial charge on any atom is -0.280 e. The average molecular weight is 144 g/mol. The normalized spacial score (nSPS) is 6.00. The molecule has 0 spiro atoms. The van der Waals surface area contributed by atoms with Crippen molar-refractivity contribution in [1.29, 1.82) is 0 Å². The van der Waals surface area contributed by atoms with Gasteiger partial charge in [0.05, 0.1) is 14.2 Å². The molecule has 0 aromatic rings. The molecule has 0 amide bonds. The smallest absolute Gasteiger partial charge is 0.0599 e. The molecule has 0 heterocycles. The van der Waals surface area contributed by atoms with Gasteiger partial charge in [0.2, 0.25) is 0 Å². The summed E-state index contributed by atoms with van der Waals surface area (Å²) < 4.78 is 0. The number of halogens is 1. The Morgan fingerprint density at radius 2 is 1.25 bits per heavy atom. The molecule has 0 aliphatic carbocycles. The molecule has 0 unspecified atom stereocenters. The lowest BCUT2D eigenvalue weighted by atomic mass is 11.0. The van der Waals surface area contributed by atoms with Crippen molar-refractivity contribution < 1.29 is 9.68 Å². The Bertz CT molecular complexity index is 21.5. The third-order valence-electron chi connectivity index (χ3n) is 0.167. The molecule has 0 aliphatic heterocycles. The minimum atomic E-state index is 0. The van der Waals surface area contributed by atoms with Gasteiger partial charge in [-0.3, -0.25) is 9.68 Å². The molecule has 0 rings (SSSR count). The highest BCUT2D eigenvalue weighted by Gasteiger charge is 1.58. The minimum absolute atomic E-state index is 0. The van der Waals surface area contributed by atoms with E-state index in [0.29, 0.717) is 0 Å². The number of hydrogen-bond acceptors (Lipinski definition) is 3. The maximum Gasteiger partial charge on any atom is 0.0599 e. The Balaban J connectivity index is -0.0000000750. The van der Waals surface area contributed by atoms with E-state index >= 15 is 0 Å². The lowest BCUT2D eigenvalue weighted by molar-refractivity contribution is -0.130. The summed E-state index contributed by atoms with van der Waals surface area (Å²) in [6.45, 7) is 4.00. The fourth-order valence-electron chi connectivity index (χ4n) is 0.0833. The molecule has 0 fully saturated rings. The average Bonchev–Trinajstić information content (AvgIpc) is 1.75. The molecule has 0 saturated carbocycles. The molecule has 3 nitrogen and oxygen atoms in total. The standard InChI is InChI=1S/C2H7NO2.C2H6.ClH/c1-4-3-5-2;1-2;/h3H,1-2H3;1-2H3;1H. The molecule has 0 aliphatic rings. The Morgan fingerprint density at radius 3 is 1.25 bits per heavy atom. The summed E-state index contributed by atoms with van der Waals surface area (Å²) in [4.78, 5) is 8.44. The number of rotatable bonds is 2. The SMILES string of the molecule is CC.CONOC.Cl. The Kier molecular flexibility index (Phi) is 53.4. The topological polar surface area (TPSA) is 30.5 Å². The predicted octanol–water partition coefficient (Wildman–Crippen LogP) is 1.15. The van der Waals surface area contributed by atoms with Crippen molar-refractivity contribution in [3.63, 3.8) is 0 Å². The highest BCUT2D eigenvalue weighted by atomic mass is 35.5.